The van der Waals surface area contributed by atoms with Crippen LogP contribution in [0.3, 0.4) is 0 Å². The number of aliphatic hydroxyl groups excluding tert-OH is 1. The summed E-state index contributed by atoms with van der Waals surface area (Å²) in [5.74, 6) is 0. The summed E-state index contributed by atoms with van der Waals surface area (Å²) in [6.07, 6.45) is 0. The Bertz CT molecular complexity index is 314. The highest BCUT2D eigenvalue weighted by Gasteiger charge is 2.22. The van der Waals surface area contributed by atoms with E-state index in [9.17, 15) is 0 Å². The zero-order valence-electron chi connectivity index (χ0n) is 7.22. The summed E-state index contributed by atoms with van der Waals surface area (Å²) in [7, 11) is 0. The normalized spacial score (nSPS) is 15.5. The van der Waals surface area contributed by atoms with Crippen LogP contribution in [-0.4, -0.2) is 11.7 Å². The summed E-state index contributed by atoms with van der Waals surface area (Å²) in [5.41, 5.74) is 5.80. The number of hydrogen-bond donors (Lipinski definition) is 2. The molecule has 0 aromatic heterocycles. The summed E-state index contributed by atoms with van der Waals surface area (Å²) < 4.78 is 0.900. The van der Waals surface area contributed by atoms with E-state index in [2.05, 4.69) is 15.9 Å². The first-order chi connectivity index (χ1) is 5.97. The van der Waals surface area contributed by atoms with Gasteiger partial charge in [0.25, 0.3) is 0 Å². The molecule has 1 aromatic rings. The second kappa shape index (κ2) is 3.96. The van der Waals surface area contributed by atoms with Crippen LogP contribution in [0.25, 0.3) is 0 Å². The maximum absolute atomic E-state index is 9.06. The summed E-state index contributed by atoms with van der Waals surface area (Å²) in [5, 5.41) is 9.64. The second-order valence-electron chi connectivity index (χ2n) is 3.20. The highest BCUT2D eigenvalue weighted by atomic mass is 79.9. The van der Waals surface area contributed by atoms with Crippen LogP contribution in [-0.2, 0) is 5.54 Å². The topological polar surface area (TPSA) is 46.2 Å². The van der Waals surface area contributed by atoms with Crippen molar-refractivity contribution in [1.82, 2.24) is 0 Å². The van der Waals surface area contributed by atoms with Crippen LogP contribution in [0.1, 0.15) is 12.5 Å². The molecule has 2 nitrogen and oxygen atoms in total. The van der Waals surface area contributed by atoms with Gasteiger partial charge in [0.2, 0.25) is 0 Å². The molecule has 13 heavy (non-hydrogen) atoms. The molecule has 3 N–H and O–H groups in total. The van der Waals surface area contributed by atoms with E-state index in [0.717, 1.165) is 10.0 Å². The average Bonchev–Trinajstić information content (AvgIpc) is 2.09. The quantitative estimate of drug-likeness (QED) is 0.861. The molecule has 1 aromatic carbocycles. The molecule has 0 saturated heterocycles. The minimum absolute atomic E-state index is 0.136. The van der Waals surface area contributed by atoms with Crippen molar-refractivity contribution in [2.75, 3.05) is 6.61 Å². The van der Waals surface area contributed by atoms with Crippen molar-refractivity contribution in [2.24, 2.45) is 5.73 Å². The summed E-state index contributed by atoms with van der Waals surface area (Å²) in [6, 6.07) is 5.40. The minimum Gasteiger partial charge on any atom is -0.394 e. The lowest BCUT2D eigenvalue weighted by atomic mass is 9.94. The average molecular weight is 265 g/mol. The molecule has 0 spiro atoms. The van der Waals surface area contributed by atoms with E-state index in [4.69, 9.17) is 22.4 Å². The van der Waals surface area contributed by atoms with Crippen molar-refractivity contribution >= 4 is 27.5 Å². The highest BCUT2D eigenvalue weighted by molar-refractivity contribution is 9.10. The van der Waals surface area contributed by atoms with Gasteiger partial charge in [-0.3, -0.25) is 0 Å². The molecular formula is C9H11BrClNO. The Morgan fingerprint density at radius 3 is 2.77 bits per heavy atom. The molecule has 0 bridgehead atoms. The number of nitrogens with two attached hydrogens (primary N) is 1. The van der Waals surface area contributed by atoms with Gasteiger partial charge in [0, 0.05) is 9.50 Å². The lowest BCUT2D eigenvalue weighted by Gasteiger charge is -2.23. The molecule has 0 aliphatic heterocycles. The van der Waals surface area contributed by atoms with Gasteiger partial charge < -0.3 is 10.8 Å². The molecule has 0 aliphatic rings. The fraction of sp³-hybridized carbons (Fsp3) is 0.333. The summed E-state index contributed by atoms with van der Waals surface area (Å²) in [6.45, 7) is 1.60. The van der Waals surface area contributed by atoms with Crippen molar-refractivity contribution in [3.05, 3.63) is 33.3 Å². The second-order valence-corrected chi connectivity index (χ2v) is 4.52. The van der Waals surface area contributed by atoms with E-state index in [-0.39, 0.29) is 6.61 Å². The zero-order chi connectivity index (χ0) is 10.1. The van der Waals surface area contributed by atoms with Crippen LogP contribution < -0.4 is 5.73 Å². The van der Waals surface area contributed by atoms with E-state index in [0.29, 0.717) is 5.02 Å². The SMILES string of the molecule is CC(N)(CO)c1cc(Br)ccc1Cl. The number of hydrogen-bond acceptors (Lipinski definition) is 2. The van der Waals surface area contributed by atoms with Gasteiger partial charge in [0.15, 0.2) is 0 Å². The third-order valence-corrected chi connectivity index (χ3v) is 2.69. The van der Waals surface area contributed by atoms with Gasteiger partial charge in [-0.15, -0.1) is 0 Å². The van der Waals surface area contributed by atoms with Crippen LogP contribution in [0, 0.1) is 0 Å². The lowest BCUT2D eigenvalue weighted by molar-refractivity contribution is 0.210. The number of aliphatic hydroxyl groups is 1. The smallest absolute Gasteiger partial charge is 0.0651 e. The third kappa shape index (κ3) is 2.44. The Balaban J connectivity index is 3.20. The molecule has 0 aliphatic carbocycles. The molecule has 0 saturated carbocycles. The summed E-state index contributed by atoms with van der Waals surface area (Å²) >= 11 is 9.27. The lowest BCUT2D eigenvalue weighted by Crippen LogP contribution is -2.37. The maximum atomic E-state index is 9.06. The van der Waals surface area contributed by atoms with Gasteiger partial charge in [-0.05, 0) is 30.7 Å². The number of benzene rings is 1. The first-order valence-corrected chi connectivity index (χ1v) is 5.00. The van der Waals surface area contributed by atoms with Gasteiger partial charge in [0.05, 0.1) is 12.1 Å². The molecule has 72 valence electrons. The molecule has 0 heterocycles. The molecular weight excluding hydrogens is 253 g/mol. The predicted octanol–water partition coefficient (Wildman–Crippen LogP) is 2.27. The van der Waals surface area contributed by atoms with Gasteiger partial charge in [-0.2, -0.15) is 0 Å². The first-order valence-electron chi connectivity index (χ1n) is 3.82. The van der Waals surface area contributed by atoms with Gasteiger partial charge >= 0.3 is 0 Å². The molecule has 0 radical (unpaired) electrons. The highest BCUT2D eigenvalue weighted by Crippen LogP contribution is 2.28. The van der Waals surface area contributed by atoms with E-state index in [1.54, 1.807) is 13.0 Å². The van der Waals surface area contributed by atoms with Crippen LogP contribution >= 0.6 is 27.5 Å². The number of rotatable bonds is 2. The van der Waals surface area contributed by atoms with Crippen molar-refractivity contribution in [2.45, 2.75) is 12.5 Å². The Morgan fingerprint density at radius 1 is 1.62 bits per heavy atom. The molecule has 0 amide bonds. The molecule has 1 unspecified atom stereocenters. The van der Waals surface area contributed by atoms with E-state index in [1.807, 2.05) is 12.1 Å². The van der Waals surface area contributed by atoms with Crippen molar-refractivity contribution in [1.29, 1.82) is 0 Å². The van der Waals surface area contributed by atoms with Gasteiger partial charge in [-0.25, -0.2) is 0 Å². The Morgan fingerprint density at radius 2 is 2.23 bits per heavy atom. The van der Waals surface area contributed by atoms with Crippen LogP contribution in [0.15, 0.2) is 22.7 Å². The molecule has 0 fully saturated rings. The molecule has 4 heteroatoms. The Kier molecular flexibility index (Phi) is 3.35. The van der Waals surface area contributed by atoms with E-state index >= 15 is 0 Å². The molecule has 1 atom stereocenters. The van der Waals surface area contributed by atoms with Gasteiger partial charge in [0.1, 0.15) is 0 Å². The minimum atomic E-state index is -0.791. The standard InChI is InChI=1S/C9H11BrClNO/c1-9(12,5-13)7-4-6(10)2-3-8(7)11/h2-4,13H,5,12H2,1H3. The largest absolute Gasteiger partial charge is 0.394 e. The number of halogens is 2. The zero-order valence-corrected chi connectivity index (χ0v) is 9.56. The van der Waals surface area contributed by atoms with Gasteiger partial charge in [-0.1, -0.05) is 27.5 Å². The van der Waals surface area contributed by atoms with Crippen molar-refractivity contribution in [3.63, 3.8) is 0 Å². The summed E-state index contributed by atoms with van der Waals surface area (Å²) in [4.78, 5) is 0. The van der Waals surface area contributed by atoms with Crippen LogP contribution in [0.2, 0.25) is 5.02 Å². The monoisotopic (exact) mass is 263 g/mol. The fourth-order valence-corrected chi connectivity index (χ4v) is 1.71. The van der Waals surface area contributed by atoms with Crippen LogP contribution in [0.4, 0.5) is 0 Å². The molecule has 1 rings (SSSR count). The Hall–Kier alpha value is -0.0900. The third-order valence-electron chi connectivity index (χ3n) is 1.87. The predicted molar refractivity (Wildman–Crippen MR) is 57.8 cm³/mol. The fourth-order valence-electron chi connectivity index (χ4n) is 1.02. The first kappa shape index (κ1) is 11.0. The maximum Gasteiger partial charge on any atom is 0.0651 e. The van der Waals surface area contributed by atoms with Crippen molar-refractivity contribution in [3.8, 4) is 0 Å². The van der Waals surface area contributed by atoms with Crippen molar-refractivity contribution < 1.29 is 5.11 Å². The Labute approximate surface area is 90.8 Å². The van der Waals surface area contributed by atoms with E-state index in [1.165, 1.54) is 0 Å². The van der Waals surface area contributed by atoms with E-state index < -0.39 is 5.54 Å². The van der Waals surface area contributed by atoms with Crippen LogP contribution in [0.5, 0.6) is 0 Å².